The number of carbonyl (C=O) groups is 1. The van der Waals surface area contributed by atoms with Gasteiger partial charge in [-0.3, -0.25) is 5.41 Å². The molecule has 0 radical (unpaired) electrons. The highest BCUT2D eigenvalue weighted by Gasteiger charge is 2.30. The third-order valence-corrected chi connectivity index (χ3v) is 6.11. The van der Waals surface area contributed by atoms with Crippen LogP contribution in [-0.4, -0.2) is 47.6 Å². The minimum atomic E-state index is -0.811. The maximum Gasteiger partial charge on any atom is 0.407 e. The number of rotatable bonds is 3. The molecule has 7 heteroatoms. The summed E-state index contributed by atoms with van der Waals surface area (Å²) in [5.41, 5.74) is 3.51. The van der Waals surface area contributed by atoms with Crippen LogP contribution in [0.5, 0.6) is 0 Å². The van der Waals surface area contributed by atoms with Crippen molar-refractivity contribution in [2.45, 2.75) is 25.3 Å². The Labute approximate surface area is 156 Å². The number of fused-ring (bicyclic) bond motifs is 1. The number of hydrogen-bond acceptors (Lipinski definition) is 4. The molecule has 6 nitrogen and oxygen atoms in total. The van der Waals surface area contributed by atoms with Crippen LogP contribution >= 0.6 is 11.3 Å². The number of piperidine rings is 1. The number of amides is 1. The molecule has 3 N–H and O–H groups in total. The second-order valence-electron chi connectivity index (χ2n) is 6.76. The minimum absolute atomic E-state index is 0.412. The van der Waals surface area contributed by atoms with Crippen LogP contribution < -0.4 is 10.2 Å². The molecule has 2 aliphatic rings. The molecule has 2 aromatic rings. The Morgan fingerprint density at radius 1 is 1.23 bits per heavy atom. The molecule has 3 heterocycles. The molecule has 1 amide bonds. The van der Waals surface area contributed by atoms with Crippen LogP contribution in [0, 0.1) is 5.41 Å². The number of anilines is 2. The summed E-state index contributed by atoms with van der Waals surface area (Å²) in [4.78, 5) is 16.0. The van der Waals surface area contributed by atoms with Gasteiger partial charge in [0.25, 0.3) is 0 Å². The Kier molecular flexibility index (Phi) is 4.55. The van der Waals surface area contributed by atoms with Crippen molar-refractivity contribution in [2.24, 2.45) is 0 Å². The molecule has 2 aliphatic heterocycles. The highest BCUT2D eigenvalue weighted by Crippen LogP contribution is 2.34. The van der Waals surface area contributed by atoms with Crippen LogP contribution in [-0.2, 0) is 6.42 Å². The minimum Gasteiger partial charge on any atom is -0.465 e. The molecule has 0 atom stereocenters. The molecule has 1 fully saturated rings. The van der Waals surface area contributed by atoms with Crippen molar-refractivity contribution in [3.8, 4) is 0 Å². The van der Waals surface area contributed by atoms with Crippen LogP contribution in [0.4, 0.5) is 16.2 Å². The average Bonchev–Trinajstić information content (AvgIpc) is 3.31. The number of carboxylic acid groups (broad SMARTS) is 1. The summed E-state index contributed by atoms with van der Waals surface area (Å²) in [5, 5.41) is 22.4. The van der Waals surface area contributed by atoms with Crippen molar-refractivity contribution in [3.63, 3.8) is 0 Å². The quantitative estimate of drug-likeness (QED) is 0.569. The first-order chi connectivity index (χ1) is 12.6. The number of thiophene rings is 1. The zero-order valence-corrected chi connectivity index (χ0v) is 15.3. The Bertz CT molecular complexity index is 813. The van der Waals surface area contributed by atoms with E-state index >= 15 is 0 Å². The normalized spacial score (nSPS) is 17.2. The lowest BCUT2D eigenvalue weighted by molar-refractivity contribution is 0.131. The summed E-state index contributed by atoms with van der Waals surface area (Å²) in [7, 11) is 0. The van der Waals surface area contributed by atoms with Crippen LogP contribution in [0.3, 0.4) is 0 Å². The predicted molar refractivity (Wildman–Crippen MR) is 105 cm³/mol. The van der Waals surface area contributed by atoms with E-state index in [1.165, 1.54) is 16.2 Å². The van der Waals surface area contributed by atoms with Gasteiger partial charge >= 0.3 is 6.09 Å². The summed E-state index contributed by atoms with van der Waals surface area (Å²) in [5.74, 6) is 0.427. The molecule has 1 aromatic carbocycles. The third kappa shape index (κ3) is 3.26. The predicted octanol–water partition coefficient (Wildman–Crippen LogP) is 3.69. The molecule has 26 heavy (non-hydrogen) atoms. The molecule has 0 saturated carbocycles. The van der Waals surface area contributed by atoms with E-state index in [1.54, 1.807) is 11.3 Å². The first-order valence-electron chi connectivity index (χ1n) is 8.89. The number of likely N-dealkylation sites (tertiary alicyclic amines) is 1. The van der Waals surface area contributed by atoms with Gasteiger partial charge in [0.15, 0.2) is 0 Å². The number of hydrogen-bond donors (Lipinski definition) is 3. The molecule has 0 unspecified atom stereocenters. The lowest BCUT2D eigenvalue weighted by Gasteiger charge is -2.37. The Hall–Kier alpha value is -2.54. The molecule has 0 bridgehead atoms. The van der Waals surface area contributed by atoms with Gasteiger partial charge in [-0.1, -0.05) is 6.07 Å². The monoisotopic (exact) mass is 370 g/mol. The zero-order valence-electron chi connectivity index (χ0n) is 14.4. The van der Waals surface area contributed by atoms with Crippen molar-refractivity contribution in [1.29, 1.82) is 5.41 Å². The summed E-state index contributed by atoms with van der Waals surface area (Å²) in [6.45, 7) is 2.21. The van der Waals surface area contributed by atoms with Crippen molar-refractivity contribution in [1.82, 2.24) is 4.90 Å². The fraction of sp³-hybridized carbons (Fsp3) is 0.368. The second kappa shape index (κ2) is 6.99. The first-order valence-corrected chi connectivity index (χ1v) is 9.76. The van der Waals surface area contributed by atoms with E-state index in [0.717, 1.165) is 36.4 Å². The Morgan fingerprint density at radius 2 is 2.04 bits per heavy atom. The van der Waals surface area contributed by atoms with Crippen LogP contribution in [0.2, 0.25) is 0 Å². The van der Waals surface area contributed by atoms with E-state index in [1.807, 2.05) is 23.6 Å². The van der Waals surface area contributed by atoms with Crippen molar-refractivity contribution < 1.29 is 9.90 Å². The average molecular weight is 370 g/mol. The largest absolute Gasteiger partial charge is 0.465 e. The second-order valence-corrected chi connectivity index (χ2v) is 7.71. The fourth-order valence-electron chi connectivity index (χ4n) is 3.88. The Balaban J connectivity index is 1.44. The smallest absolute Gasteiger partial charge is 0.407 e. The topological polar surface area (TPSA) is 79.7 Å². The molecule has 0 spiro atoms. The SMILES string of the molecule is N=C(Nc1ccc2c(c1)CCN2C1CCN(C(=O)O)CC1)c1cccs1. The number of benzene rings is 1. The maximum atomic E-state index is 11.1. The number of nitrogens with zero attached hydrogens (tertiary/aromatic N) is 2. The van der Waals surface area contributed by atoms with Crippen LogP contribution in [0.1, 0.15) is 23.3 Å². The van der Waals surface area contributed by atoms with Gasteiger partial charge in [0.2, 0.25) is 0 Å². The maximum absolute atomic E-state index is 11.1. The van der Waals surface area contributed by atoms with E-state index in [9.17, 15) is 4.79 Å². The fourth-order valence-corrected chi connectivity index (χ4v) is 4.51. The summed E-state index contributed by atoms with van der Waals surface area (Å²) < 4.78 is 0. The lowest BCUT2D eigenvalue weighted by Crippen LogP contribution is -2.46. The van der Waals surface area contributed by atoms with Gasteiger partial charge in [0.1, 0.15) is 5.84 Å². The van der Waals surface area contributed by atoms with E-state index in [-0.39, 0.29) is 0 Å². The van der Waals surface area contributed by atoms with Crippen molar-refractivity contribution in [3.05, 3.63) is 46.2 Å². The van der Waals surface area contributed by atoms with E-state index < -0.39 is 6.09 Å². The standard InChI is InChI=1S/C19H22N4O2S/c20-18(17-2-1-11-26-17)21-14-3-4-16-13(12-14)5-10-23(16)15-6-8-22(9-7-15)19(24)25/h1-4,11-12,15H,5-10H2,(H2,20,21)(H,24,25). The number of amidine groups is 1. The molecule has 0 aliphatic carbocycles. The van der Waals surface area contributed by atoms with E-state index in [2.05, 4.69) is 22.3 Å². The van der Waals surface area contributed by atoms with Crippen molar-refractivity contribution >= 4 is 34.6 Å². The van der Waals surface area contributed by atoms with Gasteiger partial charge in [-0.05, 0) is 54.5 Å². The number of nitrogens with one attached hydrogen (secondary N) is 2. The van der Waals surface area contributed by atoms with Gasteiger partial charge < -0.3 is 20.2 Å². The van der Waals surface area contributed by atoms with Gasteiger partial charge in [-0.25, -0.2) is 4.79 Å². The molecule has 4 rings (SSSR count). The zero-order chi connectivity index (χ0) is 18.1. The molecular weight excluding hydrogens is 348 g/mol. The Morgan fingerprint density at radius 3 is 2.73 bits per heavy atom. The summed E-state index contributed by atoms with van der Waals surface area (Å²) in [6, 6.07) is 10.6. The van der Waals surface area contributed by atoms with Crippen LogP contribution in [0.25, 0.3) is 0 Å². The molecule has 136 valence electrons. The molecular formula is C19H22N4O2S. The van der Waals surface area contributed by atoms with Crippen LogP contribution in [0.15, 0.2) is 35.7 Å². The van der Waals surface area contributed by atoms with Gasteiger partial charge in [0, 0.05) is 37.1 Å². The first kappa shape index (κ1) is 16.9. The van der Waals surface area contributed by atoms with E-state index in [4.69, 9.17) is 10.5 Å². The lowest BCUT2D eigenvalue weighted by atomic mass is 10.0. The highest BCUT2D eigenvalue weighted by atomic mass is 32.1. The summed E-state index contributed by atoms with van der Waals surface area (Å²) >= 11 is 1.56. The van der Waals surface area contributed by atoms with Gasteiger partial charge in [-0.15, -0.1) is 11.3 Å². The highest BCUT2D eigenvalue weighted by molar-refractivity contribution is 7.12. The van der Waals surface area contributed by atoms with Gasteiger partial charge in [-0.2, -0.15) is 0 Å². The van der Waals surface area contributed by atoms with E-state index in [0.29, 0.717) is 25.0 Å². The summed E-state index contributed by atoms with van der Waals surface area (Å²) in [6.07, 6.45) is 1.95. The van der Waals surface area contributed by atoms with Crippen molar-refractivity contribution in [2.75, 3.05) is 29.9 Å². The third-order valence-electron chi connectivity index (χ3n) is 5.22. The van der Waals surface area contributed by atoms with Gasteiger partial charge in [0.05, 0.1) is 4.88 Å². The molecule has 1 saturated heterocycles. The molecule has 1 aromatic heterocycles.